The maximum absolute atomic E-state index is 13.6. The van der Waals surface area contributed by atoms with Crippen LogP contribution in [0.4, 0.5) is 10.1 Å². The molecular weight excluding hydrogens is 331 g/mol. The Morgan fingerprint density at radius 2 is 1.62 bits per heavy atom. The van der Waals surface area contributed by atoms with Gasteiger partial charge in [0.15, 0.2) is 0 Å². The Morgan fingerprint density at radius 3 is 2.19 bits per heavy atom. The number of amides is 2. The molecule has 2 aromatic rings. The molecule has 0 fully saturated rings. The molecule has 0 saturated heterocycles. The molecule has 0 atom stereocenters. The van der Waals surface area contributed by atoms with Crippen LogP contribution in [0, 0.1) is 11.2 Å². The van der Waals surface area contributed by atoms with Gasteiger partial charge in [-0.1, -0.05) is 44.2 Å². The van der Waals surface area contributed by atoms with Crippen molar-refractivity contribution in [3.05, 3.63) is 65.5 Å². The zero-order chi connectivity index (χ0) is 19.3. The van der Waals surface area contributed by atoms with Gasteiger partial charge in [0.2, 0.25) is 11.8 Å². The second-order valence-electron chi connectivity index (χ2n) is 7.13. The first kappa shape index (κ1) is 19.6. The van der Waals surface area contributed by atoms with Crippen molar-refractivity contribution in [3.63, 3.8) is 0 Å². The van der Waals surface area contributed by atoms with Crippen LogP contribution in [0.3, 0.4) is 0 Å². The Kier molecular flexibility index (Phi) is 6.14. The predicted molar refractivity (Wildman–Crippen MR) is 101 cm³/mol. The van der Waals surface area contributed by atoms with Gasteiger partial charge in [0.1, 0.15) is 11.2 Å². The Morgan fingerprint density at radius 1 is 1.00 bits per heavy atom. The summed E-state index contributed by atoms with van der Waals surface area (Å²) in [5.74, 6) is -0.862. The molecule has 0 heterocycles. The van der Waals surface area contributed by atoms with E-state index >= 15 is 0 Å². The maximum atomic E-state index is 13.6. The molecule has 2 rings (SSSR count). The molecule has 0 aromatic heterocycles. The number of carbonyl (C=O) groups excluding carboxylic acids is 2. The molecule has 0 aliphatic carbocycles. The zero-order valence-electron chi connectivity index (χ0n) is 15.6. The summed E-state index contributed by atoms with van der Waals surface area (Å²) in [5.41, 5.74) is 0.891. The largest absolute Gasteiger partial charge is 0.351 e. The molecule has 0 aliphatic rings. The number of hydrogen-bond donors (Lipinski definition) is 2. The van der Waals surface area contributed by atoms with Crippen LogP contribution in [0.2, 0.25) is 0 Å². The van der Waals surface area contributed by atoms with Gasteiger partial charge in [-0.05, 0) is 43.5 Å². The summed E-state index contributed by atoms with van der Waals surface area (Å²) in [7, 11) is 0. The minimum atomic E-state index is -1.29. The van der Waals surface area contributed by atoms with E-state index < -0.39 is 17.2 Å². The van der Waals surface area contributed by atoms with E-state index in [0.717, 1.165) is 0 Å². The summed E-state index contributed by atoms with van der Waals surface area (Å²) in [6.07, 6.45) is 0. The molecule has 138 valence electrons. The highest BCUT2D eigenvalue weighted by Gasteiger charge is 2.36. The molecule has 0 spiro atoms. The van der Waals surface area contributed by atoms with Crippen molar-refractivity contribution >= 4 is 17.5 Å². The fraction of sp³-hybridized carbons (Fsp3) is 0.333. The smallest absolute Gasteiger partial charge is 0.239 e. The van der Waals surface area contributed by atoms with E-state index in [0.29, 0.717) is 17.2 Å². The molecule has 0 unspecified atom stereocenters. The Balaban J connectivity index is 1.99. The maximum Gasteiger partial charge on any atom is 0.239 e. The summed E-state index contributed by atoms with van der Waals surface area (Å²) in [5, 5.41) is 5.40. The SMILES string of the molecule is CC(C)c1ccc(NC(=O)C(C)(C)C(=O)NCc2ccccc2F)cc1. The Bertz CT molecular complexity index is 783. The fourth-order valence-electron chi connectivity index (χ4n) is 2.38. The number of halogens is 1. The van der Waals surface area contributed by atoms with Crippen LogP contribution in [-0.2, 0) is 16.1 Å². The third kappa shape index (κ3) is 4.69. The minimum Gasteiger partial charge on any atom is -0.351 e. The lowest BCUT2D eigenvalue weighted by Crippen LogP contribution is -2.45. The number of benzene rings is 2. The Labute approximate surface area is 153 Å². The average molecular weight is 356 g/mol. The molecule has 4 nitrogen and oxygen atoms in total. The van der Waals surface area contributed by atoms with Gasteiger partial charge in [0, 0.05) is 17.8 Å². The molecule has 2 N–H and O–H groups in total. The van der Waals surface area contributed by atoms with Crippen LogP contribution in [0.1, 0.15) is 44.7 Å². The second-order valence-corrected chi connectivity index (χ2v) is 7.13. The van der Waals surface area contributed by atoms with Crippen LogP contribution in [0.5, 0.6) is 0 Å². The van der Waals surface area contributed by atoms with Crippen LogP contribution in [-0.4, -0.2) is 11.8 Å². The first-order valence-corrected chi connectivity index (χ1v) is 8.65. The summed E-state index contributed by atoms with van der Waals surface area (Å²) in [4.78, 5) is 25.0. The van der Waals surface area contributed by atoms with Crippen molar-refractivity contribution in [3.8, 4) is 0 Å². The zero-order valence-corrected chi connectivity index (χ0v) is 15.6. The summed E-state index contributed by atoms with van der Waals surface area (Å²) in [6.45, 7) is 7.31. The van der Waals surface area contributed by atoms with Crippen molar-refractivity contribution in [2.75, 3.05) is 5.32 Å². The van der Waals surface area contributed by atoms with E-state index in [1.165, 1.54) is 11.6 Å². The molecule has 0 aliphatic heterocycles. The van der Waals surface area contributed by atoms with E-state index in [4.69, 9.17) is 0 Å². The predicted octanol–water partition coefficient (Wildman–Crippen LogP) is 4.23. The van der Waals surface area contributed by atoms with Gasteiger partial charge in [0.05, 0.1) is 0 Å². The highest BCUT2D eigenvalue weighted by molar-refractivity contribution is 6.09. The summed E-state index contributed by atoms with van der Waals surface area (Å²) >= 11 is 0. The van der Waals surface area contributed by atoms with E-state index in [1.54, 1.807) is 32.0 Å². The van der Waals surface area contributed by atoms with E-state index in [9.17, 15) is 14.0 Å². The quantitative estimate of drug-likeness (QED) is 0.761. The molecule has 0 saturated carbocycles. The number of rotatable bonds is 6. The standard InChI is InChI=1S/C21H25FN2O2/c1-14(2)15-9-11-17(12-10-15)24-20(26)21(3,4)19(25)23-13-16-7-5-6-8-18(16)22/h5-12,14H,13H2,1-4H3,(H,23,25)(H,24,26). The molecule has 5 heteroatoms. The average Bonchev–Trinajstić information content (AvgIpc) is 2.61. The number of carbonyl (C=O) groups is 2. The first-order valence-electron chi connectivity index (χ1n) is 8.65. The number of hydrogen-bond acceptors (Lipinski definition) is 2. The number of nitrogens with one attached hydrogen (secondary N) is 2. The fourth-order valence-corrected chi connectivity index (χ4v) is 2.38. The third-order valence-electron chi connectivity index (χ3n) is 4.37. The van der Waals surface area contributed by atoms with Crippen molar-refractivity contribution < 1.29 is 14.0 Å². The normalized spacial score (nSPS) is 11.3. The lowest BCUT2D eigenvalue weighted by Gasteiger charge is -2.23. The second kappa shape index (κ2) is 8.13. The van der Waals surface area contributed by atoms with Gasteiger partial charge in [0.25, 0.3) is 0 Å². The summed E-state index contributed by atoms with van der Waals surface area (Å²) in [6, 6.07) is 13.8. The van der Waals surface area contributed by atoms with Crippen LogP contribution in [0.25, 0.3) is 0 Å². The minimum absolute atomic E-state index is 0.0330. The topological polar surface area (TPSA) is 58.2 Å². The molecule has 2 aromatic carbocycles. The van der Waals surface area contributed by atoms with Gasteiger partial charge in [-0.3, -0.25) is 9.59 Å². The van der Waals surface area contributed by atoms with Crippen molar-refractivity contribution in [2.24, 2.45) is 5.41 Å². The highest BCUT2D eigenvalue weighted by Crippen LogP contribution is 2.21. The van der Waals surface area contributed by atoms with E-state index in [2.05, 4.69) is 24.5 Å². The van der Waals surface area contributed by atoms with E-state index in [1.807, 2.05) is 24.3 Å². The summed E-state index contributed by atoms with van der Waals surface area (Å²) < 4.78 is 13.6. The third-order valence-corrected chi connectivity index (χ3v) is 4.37. The van der Waals surface area contributed by atoms with Crippen LogP contribution >= 0.6 is 0 Å². The first-order chi connectivity index (χ1) is 12.2. The van der Waals surface area contributed by atoms with Crippen molar-refractivity contribution in [2.45, 2.75) is 40.2 Å². The van der Waals surface area contributed by atoms with Gasteiger partial charge < -0.3 is 10.6 Å². The lowest BCUT2D eigenvalue weighted by atomic mass is 9.90. The van der Waals surface area contributed by atoms with E-state index in [-0.39, 0.29) is 12.4 Å². The molecular formula is C21H25FN2O2. The van der Waals surface area contributed by atoms with Gasteiger partial charge >= 0.3 is 0 Å². The number of anilines is 1. The van der Waals surface area contributed by atoms with Crippen molar-refractivity contribution in [1.29, 1.82) is 0 Å². The Hall–Kier alpha value is -2.69. The van der Waals surface area contributed by atoms with Gasteiger partial charge in [-0.15, -0.1) is 0 Å². The van der Waals surface area contributed by atoms with Crippen LogP contribution in [0.15, 0.2) is 48.5 Å². The van der Waals surface area contributed by atoms with Crippen molar-refractivity contribution in [1.82, 2.24) is 5.32 Å². The molecule has 26 heavy (non-hydrogen) atoms. The molecule has 2 amide bonds. The van der Waals surface area contributed by atoms with Crippen LogP contribution < -0.4 is 10.6 Å². The monoisotopic (exact) mass is 356 g/mol. The molecule has 0 radical (unpaired) electrons. The van der Waals surface area contributed by atoms with Gasteiger partial charge in [-0.25, -0.2) is 4.39 Å². The highest BCUT2D eigenvalue weighted by atomic mass is 19.1. The molecule has 0 bridgehead atoms. The lowest BCUT2D eigenvalue weighted by molar-refractivity contribution is -0.138. The van der Waals surface area contributed by atoms with Gasteiger partial charge in [-0.2, -0.15) is 0 Å².